The summed E-state index contributed by atoms with van der Waals surface area (Å²) < 4.78 is 1.11. The van der Waals surface area contributed by atoms with Crippen LogP contribution in [0.1, 0.15) is 16.7 Å². The van der Waals surface area contributed by atoms with Crippen molar-refractivity contribution in [3.05, 3.63) is 63.6 Å². The molecule has 0 aromatic heterocycles. The van der Waals surface area contributed by atoms with E-state index in [9.17, 15) is 0 Å². The van der Waals surface area contributed by atoms with E-state index in [0.717, 1.165) is 22.3 Å². The number of hydrogen-bond donors (Lipinski definition) is 1. The Morgan fingerprint density at radius 3 is 2.60 bits per heavy atom. The minimum Gasteiger partial charge on any atom is -0.389 e. The molecule has 0 aliphatic rings. The number of hydrogen-bond acceptors (Lipinski definition) is 2. The highest BCUT2D eigenvalue weighted by atomic mass is 79.9. The number of anilines is 1. The van der Waals surface area contributed by atoms with Crippen LogP contribution in [0.4, 0.5) is 5.69 Å². The molecule has 0 aliphatic heterocycles. The van der Waals surface area contributed by atoms with Crippen molar-refractivity contribution in [2.24, 2.45) is 5.73 Å². The summed E-state index contributed by atoms with van der Waals surface area (Å²) in [5.41, 5.74) is 10.2. The zero-order valence-electron chi connectivity index (χ0n) is 11.6. The van der Waals surface area contributed by atoms with Gasteiger partial charge in [-0.15, -0.1) is 0 Å². The van der Waals surface area contributed by atoms with Gasteiger partial charge in [-0.25, -0.2) is 0 Å². The second-order valence-corrected chi connectivity index (χ2v) is 6.13. The Morgan fingerprint density at radius 1 is 1.25 bits per heavy atom. The van der Waals surface area contributed by atoms with Gasteiger partial charge in [-0.2, -0.15) is 0 Å². The highest BCUT2D eigenvalue weighted by Gasteiger charge is 2.11. The number of rotatable bonds is 4. The summed E-state index contributed by atoms with van der Waals surface area (Å²) in [6.45, 7) is 2.86. The highest BCUT2D eigenvalue weighted by molar-refractivity contribution is 9.10. The van der Waals surface area contributed by atoms with Crippen LogP contribution in [0.3, 0.4) is 0 Å². The zero-order valence-corrected chi connectivity index (χ0v) is 14.0. The number of halogens is 1. The van der Waals surface area contributed by atoms with Gasteiger partial charge < -0.3 is 10.6 Å². The molecule has 104 valence electrons. The van der Waals surface area contributed by atoms with Crippen LogP contribution in [0.25, 0.3) is 0 Å². The van der Waals surface area contributed by atoms with Gasteiger partial charge in [0.25, 0.3) is 0 Å². The summed E-state index contributed by atoms with van der Waals surface area (Å²) in [5.74, 6) is 0. The molecule has 0 bridgehead atoms. The van der Waals surface area contributed by atoms with Gasteiger partial charge in [-0.05, 0) is 36.2 Å². The molecule has 0 atom stereocenters. The molecule has 2 nitrogen and oxygen atoms in total. The van der Waals surface area contributed by atoms with Gasteiger partial charge >= 0.3 is 0 Å². The molecular weight excluding hydrogens is 332 g/mol. The van der Waals surface area contributed by atoms with Crippen molar-refractivity contribution >= 4 is 38.8 Å². The van der Waals surface area contributed by atoms with E-state index in [-0.39, 0.29) is 0 Å². The summed E-state index contributed by atoms with van der Waals surface area (Å²) in [6.07, 6.45) is 0. The van der Waals surface area contributed by atoms with Crippen LogP contribution >= 0.6 is 28.1 Å². The lowest BCUT2D eigenvalue weighted by molar-refractivity contribution is 0.916. The molecule has 2 aromatic carbocycles. The standard InChI is InChI=1S/C16H17BrN2S/c1-11-7-8-13(16(18)20)15(9-11)19(2)10-12-5-3-4-6-14(12)17/h3-9H,10H2,1-2H3,(H2,18,20). The van der Waals surface area contributed by atoms with Crippen LogP contribution in [0, 0.1) is 6.92 Å². The third-order valence-electron chi connectivity index (χ3n) is 3.20. The van der Waals surface area contributed by atoms with Crippen molar-refractivity contribution < 1.29 is 0 Å². The molecule has 2 rings (SSSR count). The number of benzene rings is 2. The third kappa shape index (κ3) is 3.38. The fourth-order valence-electron chi connectivity index (χ4n) is 2.13. The average Bonchev–Trinajstić information content (AvgIpc) is 2.40. The van der Waals surface area contributed by atoms with Crippen molar-refractivity contribution in [2.45, 2.75) is 13.5 Å². The van der Waals surface area contributed by atoms with E-state index in [1.807, 2.05) is 30.3 Å². The molecule has 0 radical (unpaired) electrons. The van der Waals surface area contributed by atoms with Gasteiger partial charge in [-0.3, -0.25) is 0 Å². The second kappa shape index (κ2) is 6.37. The summed E-state index contributed by atoms with van der Waals surface area (Å²) in [4.78, 5) is 2.60. The van der Waals surface area contributed by atoms with Gasteiger partial charge in [0.05, 0.1) is 0 Å². The normalized spacial score (nSPS) is 10.3. The van der Waals surface area contributed by atoms with Crippen LogP contribution in [0.5, 0.6) is 0 Å². The first-order valence-electron chi connectivity index (χ1n) is 6.34. The summed E-state index contributed by atoms with van der Waals surface area (Å²) >= 11 is 8.73. The van der Waals surface area contributed by atoms with Crippen LogP contribution in [0.2, 0.25) is 0 Å². The van der Waals surface area contributed by atoms with Crippen LogP contribution in [-0.2, 0) is 6.54 Å². The molecule has 0 heterocycles. The summed E-state index contributed by atoms with van der Waals surface area (Å²) in [6, 6.07) is 14.4. The molecule has 0 saturated heterocycles. The number of thiocarbonyl (C=S) groups is 1. The third-order valence-corrected chi connectivity index (χ3v) is 4.19. The fraction of sp³-hybridized carbons (Fsp3) is 0.188. The molecule has 20 heavy (non-hydrogen) atoms. The van der Waals surface area contributed by atoms with Crippen molar-refractivity contribution in [2.75, 3.05) is 11.9 Å². The van der Waals surface area contributed by atoms with Gasteiger partial charge in [0.15, 0.2) is 0 Å². The first kappa shape index (κ1) is 15.0. The Labute approximate surface area is 133 Å². The first-order valence-corrected chi connectivity index (χ1v) is 7.54. The van der Waals surface area contributed by atoms with Crippen molar-refractivity contribution in [1.29, 1.82) is 0 Å². The molecule has 0 saturated carbocycles. The van der Waals surface area contributed by atoms with E-state index >= 15 is 0 Å². The lowest BCUT2D eigenvalue weighted by atomic mass is 10.1. The Balaban J connectivity index is 2.34. The monoisotopic (exact) mass is 348 g/mol. The fourth-order valence-corrected chi connectivity index (χ4v) is 2.72. The van der Waals surface area contributed by atoms with Crippen molar-refractivity contribution in [3.63, 3.8) is 0 Å². The smallest absolute Gasteiger partial charge is 0.106 e. The maximum absolute atomic E-state index is 5.82. The Bertz CT molecular complexity index is 640. The highest BCUT2D eigenvalue weighted by Crippen LogP contribution is 2.25. The van der Waals surface area contributed by atoms with Gasteiger partial charge in [-0.1, -0.05) is 52.4 Å². The predicted octanol–water partition coefficient (Wildman–Crippen LogP) is 4.03. The molecule has 2 N–H and O–H groups in total. The topological polar surface area (TPSA) is 29.3 Å². The summed E-state index contributed by atoms with van der Waals surface area (Å²) in [5, 5.41) is 0. The van der Waals surface area contributed by atoms with Gasteiger partial charge in [0.1, 0.15) is 4.99 Å². The maximum Gasteiger partial charge on any atom is 0.106 e. The number of nitrogens with two attached hydrogens (primary N) is 1. The molecule has 0 unspecified atom stereocenters. The minimum absolute atomic E-state index is 0.430. The van der Waals surface area contributed by atoms with E-state index in [2.05, 4.69) is 46.9 Å². The van der Waals surface area contributed by atoms with E-state index in [0.29, 0.717) is 4.99 Å². The molecule has 2 aromatic rings. The van der Waals surface area contributed by atoms with Gasteiger partial charge in [0.2, 0.25) is 0 Å². The average molecular weight is 349 g/mol. The Morgan fingerprint density at radius 2 is 1.95 bits per heavy atom. The van der Waals surface area contributed by atoms with Gasteiger partial charge in [0, 0.05) is 29.3 Å². The lowest BCUT2D eigenvalue weighted by Gasteiger charge is -2.23. The second-order valence-electron chi connectivity index (χ2n) is 4.83. The van der Waals surface area contributed by atoms with Crippen LogP contribution < -0.4 is 10.6 Å². The first-order chi connectivity index (χ1) is 9.49. The van der Waals surface area contributed by atoms with Crippen LogP contribution in [-0.4, -0.2) is 12.0 Å². The van der Waals surface area contributed by atoms with E-state index in [4.69, 9.17) is 18.0 Å². The summed E-state index contributed by atoms with van der Waals surface area (Å²) in [7, 11) is 2.05. The number of aryl methyl sites for hydroxylation is 1. The van der Waals surface area contributed by atoms with Crippen LogP contribution in [0.15, 0.2) is 46.9 Å². The van der Waals surface area contributed by atoms with Crippen molar-refractivity contribution in [3.8, 4) is 0 Å². The molecule has 4 heteroatoms. The molecule has 0 fully saturated rings. The largest absolute Gasteiger partial charge is 0.389 e. The SMILES string of the molecule is Cc1ccc(C(N)=S)c(N(C)Cc2ccccc2Br)c1. The Hall–Kier alpha value is -1.39. The quantitative estimate of drug-likeness (QED) is 0.845. The molecular formula is C16H17BrN2S. The minimum atomic E-state index is 0.430. The Kier molecular flexibility index (Phi) is 4.78. The molecule has 0 amide bonds. The zero-order chi connectivity index (χ0) is 14.7. The lowest BCUT2D eigenvalue weighted by Crippen LogP contribution is -2.21. The van der Waals surface area contributed by atoms with E-state index in [1.54, 1.807) is 0 Å². The molecule has 0 aliphatic carbocycles. The maximum atomic E-state index is 5.82. The van der Waals surface area contributed by atoms with E-state index < -0.39 is 0 Å². The van der Waals surface area contributed by atoms with E-state index in [1.165, 1.54) is 11.1 Å². The molecule has 0 spiro atoms. The van der Waals surface area contributed by atoms with Crippen molar-refractivity contribution in [1.82, 2.24) is 0 Å². The predicted molar refractivity (Wildman–Crippen MR) is 93.3 cm³/mol. The number of nitrogens with zero attached hydrogens (tertiary/aromatic N) is 1.